The van der Waals surface area contributed by atoms with Crippen molar-refractivity contribution < 1.29 is 90.7 Å². The lowest BCUT2D eigenvalue weighted by Gasteiger charge is -2.18. The van der Waals surface area contributed by atoms with Crippen LogP contribution in [0.2, 0.25) is 0 Å². The van der Waals surface area contributed by atoms with Crippen LogP contribution < -0.4 is 10.6 Å². The fourth-order valence-corrected chi connectivity index (χ4v) is 8.47. The molecule has 0 bridgehead atoms. The van der Waals surface area contributed by atoms with Gasteiger partial charge in [-0.2, -0.15) is 0 Å². The van der Waals surface area contributed by atoms with Gasteiger partial charge in [0.1, 0.15) is 11.6 Å². The third kappa shape index (κ3) is 59.5. The van der Waals surface area contributed by atoms with Crippen LogP contribution >= 0.6 is 0 Å². The van der Waals surface area contributed by atoms with E-state index in [9.17, 15) is 33.9 Å². The number of terminal acetylenes is 1. The first-order valence-corrected chi connectivity index (χ1v) is 32.5. The molecule has 3 N–H and O–H groups in total. The van der Waals surface area contributed by atoms with Gasteiger partial charge in [-0.05, 0) is 38.5 Å². The highest BCUT2D eigenvalue weighted by Crippen LogP contribution is 2.18. The Balaban J connectivity index is 3.79. The smallest absolute Gasteiger partial charge is 0.306 e. The molecule has 0 unspecified atom stereocenters. The van der Waals surface area contributed by atoms with Gasteiger partial charge in [0.15, 0.2) is 5.78 Å². The summed E-state index contributed by atoms with van der Waals surface area (Å²) < 4.78 is 66.2. The fraction of sp³-hybridized carbons (Fsp3) is 0.877. The average Bonchev–Trinajstić information content (AvgIpc) is 3.50. The van der Waals surface area contributed by atoms with Crippen LogP contribution in [0.15, 0.2) is 0 Å². The topological polar surface area (TPSA) is 257 Å². The Morgan fingerprint density at radius 2 is 0.802 bits per heavy atom. The highest BCUT2D eigenvalue weighted by atomic mass is 16.6. The summed E-state index contributed by atoms with van der Waals surface area (Å²) in [4.78, 5) is 74.5. The number of unbranched alkanes of at least 4 members (excludes halogenated alkanes) is 13. The fourth-order valence-electron chi connectivity index (χ4n) is 8.47. The summed E-state index contributed by atoms with van der Waals surface area (Å²) in [6.07, 6.45) is 24.5. The van der Waals surface area contributed by atoms with Crippen LogP contribution in [0.1, 0.15) is 188 Å². The van der Waals surface area contributed by atoms with Crippen molar-refractivity contribution in [2.24, 2.45) is 11.3 Å². The van der Waals surface area contributed by atoms with Crippen molar-refractivity contribution in [3.05, 3.63) is 0 Å². The Morgan fingerprint density at radius 3 is 1.19 bits per heavy atom. The first kappa shape index (κ1) is 82.5. The predicted octanol–water partition coefficient (Wildman–Crippen LogP) is 8.65. The Kier molecular flexibility index (Phi) is 60.5. The third-order valence-corrected chi connectivity index (χ3v) is 13.7. The van der Waals surface area contributed by atoms with E-state index in [0.717, 1.165) is 19.3 Å². The van der Waals surface area contributed by atoms with E-state index in [0.29, 0.717) is 204 Å². The van der Waals surface area contributed by atoms with E-state index in [1.54, 1.807) is 0 Å². The number of nitrogens with one attached hydrogen (secondary N) is 2. The molecule has 0 spiro atoms. The van der Waals surface area contributed by atoms with Gasteiger partial charge in [0.05, 0.1) is 164 Å². The second-order valence-electron chi connectivity index (χ2n) is 22.3. The molecule has 0 radical (unpaired) electrons. The molecule has 0 saturated heterocycles. The molecular formula is C65H118N2O19. The Hall–Kier alpha value is -3.50. The van der Waals surface area contributed by atoms with Crippen LogP contribution in [0.25, 0.3) is 0 Å². The van der Waals surface area contributed by atoms with E-state index in [-0.39, 0.29) is 73.1 Å². The zero-order valence-corrected chi connectivity index (χ0v) is 53.9. The number of carbonyl (C=O) groups excluding carboxylic acids is 5. The Bertz CT molecular complexity index is 1660. The van der Waals surface area contributed by atoms with Crippen LogP contribution in [0.5, 0.6) is 0 Å². The van der Waals surface area contributed by atoms with Gasteiger partial charge < -0.3 is 72.6 Å². The number of carboxylic acids is 1. The largest absolute Gasteiger partial charge is 0.481 e. The molecular weight excluding hydrogens is 1110 g/mol. The molecule has 0 fully saturated rings. The number of rotatable bonds is 69. The van der Waals surface area contributed by atoms with Crippen molar-refractivity contribution >= 4 is 35.1 Å². The van der Waals surface area contributed by atoms with Crippen molar-refractivity contribution in [2.45, 2.75) is 194 Å². The lowest BCUT2D eigenvalue weighted by Crippen LogP contribution is -2.41. The minimum absolute atomic E-state index is 0.00456. The molecule has 0 aromatic carbocycles. The molecule has 21 heteroatoms. The molecule has 502 valence electrons. The quantitative estimate of drug-likeness (QED) is 0.0380. The number of amides is 2. The standard InChI is InChI=1S/C65H118N2O19/c1-6-8-10-11-12-13-14-15-16-17-18-19-20-24-58(68)56-57(64(73)74)28-29-62(71)66-31-22-21-25-59(67-63(72)27-9-7-2)60(69)26-23-32-75-34-36-77-38-40-79-42-44-81-46-48-83-50-52-85-54-55-86-53-51-84-49-47-82-45-43-80-41-39-78-37-35-76-33-30-61(70)65(3,4)5/h2,57,59H,6,8-56H2,1,3-5H3,(H,66,71)(H,67,72)(H,73,74)/t57-,59+/m0/s1. The van der Waals surface area contributed by atoms with E-state index in [1.807, 2.05) is 20.8 Å². The molecule has 0 aliphatic rings. The maximum atomic E-state index is 13.1. The molecule has 0 aromatic heterocycles. The van der Waals surface area contributed by atoms with Crippen molar-refractivity contribution in [2.75, 3.05) is 165 Å². The third-order valence-electron chi connectivity index (χ3n) is 13.7. The Morgan fingerprint density at radius 1 is 0.419 bits per heavy atom. The monoisotopic (exact) mass is 1230 g/mol. The highest BCUT2D eigenvalue weighted by Gasteiger charge is 2.23. The zero-order chi connectivity index (χ0) is 63.1. The number of aliphatic carboxylic acids is 1. The van der Waals surface area contributed by atoms with Gasteiger partial charge in [-0.1, -0.05) is 105 Å². The van der Waals surface area contributed by atoms with E-state index in [1.165, 1.54) is 64.2 Å². The summed E-state index contributed by atoms with van der Waals surface area (Å²) in [6.45, 7) is 18.9. The van der Waals surface area contributed by atoms with E-state index in [2.05, 4.69) is 23.5 Å². The van der Waals surface area contributed by atoms with Crippen LogP contribution in [-0.2, 0) is 85.6 Å². The number of carbonyl (C=O) groups is 6. The summed E-state index contributed by atoms with van der Waals surface area (Å²) in [7, 11) is 0. The molecule has 0 aliphatic heterocycles. The molecule has 2 atom stereocenters. The number of Topliss-reactive ketones (excluding diaryl/α,β-unsaturated/α-hetero) is 3. The van der Waals surface area contributed by atoms with Gasteiger partial charge in [-0.25, -0.2) is 0 Å². The number of ether oxygens (including phenoxy) is 12. The van der Waals surface area contributed by atoms with Gasteiger partial charge in [0.25, 0.3) is 0 Å². The maximum absolute atomic E-state index is 13.1. The van der Waals surface area contributed by atoms with Crippen molar-refractivity contribution in [1.82, 2.24) is 10.6 Å². The number of carboxylic acid groups (broad SMARTS) is 1. The van der Waals surface area contributed by atoms with Gasteiger partial charge in [-0.15, -0.1) is 12.3 Å². The van der Waals surface area contributed by atoms with Crippen LogP contribution in [0, 0.1) is 23.7 Å². The molecule has 0 aromatic rings. The molecule has 0 rings (SSSR count). The number of hydrogen-bond acceptors (Lipinski definition) is 18. The molecule has 2 amide bonds. The molecule has 21 nitrogen and oxygen atoms in total. The molecule has 0 saturated carbocycles. The first-order chi connectivity index (χ1) is 41.8. The second kappa shape index (κ2) is 63.1. The lowest BCUT2D eigenvalue weighted by atomic mass is 9.89. The minimum Gasteiger partial charge on any atom is -0.481 e. The SMILES string of the molecule is C#CCCC(=O)N[C@H](CCCCNC(=O)CC[C@@H](CC(=O)CCCCCCCCCCCCCCC)C(=O)O)C(=O)CCCOCCOCCOCCOCCOCCOCCOCCOCCOCCOCCOCCOCCC(=O)C(C)(C)C. The Labute approximate surface area is 517 Å². The van der Waals surface area contributed by atoms with E-state index < -0.39 is 17.9 Å². The summed E-state index contributed by atoms with van der Waals surface area (Å²) >= 11 is 0. The summed E-state index contributed by atoms with van der Waals surface area (Å²) in [5.41, 5.74) is -0.332. The normalized spacial score (nSPS) is 12.3. The first-order valence-electron chi connectivity index (χ1n) is 32.5. The van der Waals surface area contributed by atoms with Gasteiger partial charge in [-0.3, -0.25) is 28.8 Å². The van der Waals surface area contributed by atoms with Gasteiger partial charge in [0, 0.05) is 63.5 Å². The van der Waals surface area contributed by atoms with E-state index in [4.69, 9.17) is 63.3 Å². The minimum atomic E-state index is -1.06. The van der Waals surface area contributed by atoms with Crippen molar-refractivity contribution in [1.29, 1.82) is 0 Å². The average molecular weight is 1230 g/mol. The number of ketones is 3. The highest BCUT2D eigenvalue weighted by molar-refractivity contribution is 5.89. The van der Waals surface area contributed by atoms with Gasteiger partial charge >= 0.3 is 5.97 Å². The van der Waals surface area contributed by atoms with Crippen LogP contribution in [0.3, 0.4) is 0 Å². The predicted molar refractivity (Wildman–Crippen MR) is 330 cm³/mol. The lowest BCUT2D eigenvalue weighted by molar-refractivity contribution is -0.144. The number of hydrogen-bond donors (Lipinski definition) is 3. The summed E-state index contributed by atoms with van der Waals surface area (Å²) in [6, 6.07) is -0.689. The summed E-state index contributed by atoms with van der Waals surface area (Å²) in [5.74, 6) is -0.0778. The van der Waals surface area contributed by atoms with Crippen LogP contribution in [-0.4, -0.2) is 211 Å². The maximum Gasteiger partial charge on any atom is 0.306 e. The molecule has 0 aliphatic carbocycles. The van der Waals surface area contributed by atoms with E-state index >= 15 is 0 Å². The van der Waals surface area contributed by atoms with Crippen molar-refractivity contribution in [3.63, 3.8) is 0 Å². The summed E-state index contributed by atoms with van der Waals surface area (Å²) in [5, 5.41) is 15.4. The van der Waals surface area contributed by atoms with Crippen LogP contribution in [0.4, 0.5) is 0 Å². The molecule has 0 heterocycles. The second-order valence-corrected chi connectivity index (χ2v) is 22.3. The van der Waals surface area contributed by atoms with Gasteiger partial charge in [0.2, 0.25) is 11.8 Å². The van der Waals surface area contributed by atoms with Crippen molar-refractivity contribution in [3.8, 4) is 12.3 Å². The molecule has 86 heavy (non-hydrogen) atoms. The zero-order valence-electron chi connectivity index (χ0n) is 53.9.